The maximum atomic E-state index is 13.3. The summed E-state index contributed by atoms with van der Waals surface area (Å²) in [4.78, 5) is 0. The average molecular weight is 215 g/mol. The molecule has 1 rings (SSSR count). The Kier molecular flexibility index (Phi) is 5.04. The van der Waals surface area contributed by atoms with Gasteiger partial charge in [-0.25, -0.2) is 4.39 Å². The van der Waals surface area contributed by atoms with Crippen molar-refractivity contribution in [1.29, 1.82) is 0 Å². The van der Waals surface area contributed by atoms with Crippen LogP contribution in [0.5, 0.6) is 5.75 Å². The normalized spacial score (nSPS) is 10.3. The van der Waals surface area contributed by atoms with Crippen LogP contribution in [-0.2, 0) is 6.42 Å². The Bertz CT molecular complexity index is 305. The van der Waals surface area contributed by atoms with Crippen molar-refractivity contribution in [1.82, 2.24) is 0 Å². The van der Waals surface area contributed by atoms with E-state index in [0.29, 0.717) is 13.0 Å². The molecule has 0 saturated heterocycles. The van der Waals surface area contributed by atoms with Crippen molar-refractivity contribution in [3.8, 4) is 5.75 Å². The minimum absolute atomic E-state index is 0.171. The standard InChI is InChI=1S/C11H15F2NO/c12-5-1-7-15-11-3-2-9(4-6-14)8-10(11)13/h2-3,8H,1,4-7,14H2. The summed E-state index contributed by atoms with van der Waals surface area (Å²) in [5.74, 6) is -0.246. The number of halogens is 2. The van der Waals surface area contributed by atoms with Gasteiger partial charge in [0.25, 0.3) is 0 Å². The molecule has 2 nitrogen and oxygen atoms in total. The minimum Gasteiger partial charge on any atom is -0.490 e. The van der Waals surface area contributed by atoms with Gasteiger partial charge in [-0.1, -0.05) is 6.07 Å². The molecule has 1 aromatic rings. The fourth-order valence-corrected chi connectivity index (χ4v) is 1.22. The summed E-state index contributed by atoms with van der Waals surface area (Å²) < 4.78 is 30.2. The van der Waals surface area contributed by atoms with Crippen molar-refractivity contribution in [3.05, 3.63) is 29.6 Å². The second-order valence-electron chi connectivity index (χ2n) is 3.19. The number of rotatable bonds is 6. The van der Waals surface area contributed by atoms with Gasteiger partial charge in [-0.3, -0.25) is 4.39 Å². The van der Waals surface area contributed by atoms with E-state index >= 15 is 0 Å². The molecule has 0 saturated carbocycles. The second-order valence-corrected chi connectivity index (χ2v) is 3.19. The molecule has 0 spiro atoms. The van der Waals surface area contributed by atoms with E-state index in [4.69, 9.17) is 10.5 Å². The summed E-state index contributed by atoms with van der Waals surface area (Å²) >= 11 is 0. The zero-order valence-corrected chi connectivity index (χ0v) is 8.51. The van der Waals surface area contributed by atoms with Crippen LogP contribution in [0.2, 0.25) is 0 Å². The summed E-state index contributed by atoms with van der Waals surface area (Å²) in [5, 5.41) is 0. The van der Waals surface area contributed by atoms with Crippen LogP contribution in [0.25, 0.3) is 0 Å². The van der Waals surface area contributed by atoms with Gasteiger partial charge in [0.15, 0.2) is 11.6 Å². The second kappa shape index (κ2) is 6.35. The van der Waals surface area contributed by atoms with Crippen LogP contribution in [0.4, 0.5) is 8.78 Å². The molecule has 15 heavy (non-hydrogen) atoms. The van der Waals surface area contributed by atoms with Crippen molar-refractivity contribution in [2.75, 3.05) is 19.8 Å². The summed E-state index contributed by atoms with van der Waals surface area (Å²) in [7, 11) is 0. The first-order chi connectivity index (χ1) is 7.27. The number of hydrogen-bond donors (Lipinski definition) is 1. The van der Waals surface area contributed by atoms with Crippen LogP contribution >= 0.6 is 0 Å². The lowest BCUT2D eigenvalue weighted by Crippen LogP contribution is -2.04. The number of alkyl halides is 1. The predicted octanol–water partition coefficient (Wildman–Crippen LogP) is 2.07. The third-order valence-electron chi connectivity index (χ3n) is 1.96. The van der Waals surface area contributed by atoms with Crippen LogP contribution in [0.3, 0.4) is 0 Å². The highest BCUT2D eigenvalue weighted by molar-refractivity contribution is 5.29. The largest absolute Gasteiger partial charge is 0.490 e. The van der Waals surface area contributed by atoms with Gasteiger partial charge in [-0.2, -0.15) is 0 Å². The highest BCUT2D eigenvalue weighted by atomic mass is 19.1. The maximum Gasteiger partial charge on any atom is 0.165 e. The molecule has 0 amide bonds. The summed E-state index contributed by atoms with van der Waals surface area (Å²) in [6.45, 7) is 0.234. The van der Waals surface area contributed by atoms with E-state index in [0.717, 1.165) is 5.56 Å². The van der Waals surface area contributed by atoms with E-state index in [-0.39, 0.29) is 18.8 Å². The van der Waals surface area contributed by atoms with Crippen LogP contribution in [0, 0.1) is 5.82 Å². The molecule has 2 N–H and O–H groups in total. The lowest BCUT2D eigenvalue weighted by atomic mass is 10.1. The Labute approximate surface area is 88.0 Å². The molecule has 0 aliphatic heterocycles. The molecule has 0 atom stereocenters. The zero-order chi connectivity index (χ0) is 11.1. The monoisotopic (exact) mass is 215 g/mol. The molecule has 0 radical (unpaired) electrons. The highest BCUT2D eigenvalue weighted by Crippen LogP contribution is 2.18. The number of hydrogen-bond acceptors (Lipinski definition) is 2. The fourth-order valence-electron chi connectivity index (χ4n) is 1.22. The fraction of sp³-hybridized carbons (Fsp3) is 0.455. The lowest BCUT2D eigenvalue weighted by molar-refractivity contribution is 0.277. The molecule has 0 unspecified atom stereocenters. The van der Waals surface area contributed by atoms with Crippen molar-refractivity contribution in [2.24, 2.45) is 5.73 Å². The van der Waals surface area contributed by atoms with Gasteiger partial charge in [0.2, 0.25) is 0 Å². The van der Waals surface area contributed by atoms with Crippen molar-refractivity contribution < 1.29 is 13.5 Å². The van der Waals surface area contributed by atoms with E-state index in [1.165, 1.54) is 6.07 Å². The summed E-state index contributed by atoms with van der Waals surface area (Å²) in [6.07, 6.45) is 0.922. The van der Waals surface area contributed by atoms with Crippen molar-refractivity contribution in [3.63, 3.8) is 0 Å². The SMILES string of the molecule is NCCc1ccc(OCCCF)c(F)c1. The molecule has 0 heterocycles. The third kappa shape index (κ3) is 3.83. The first-order valence-corrected chi connectivity index (χ1v) is 4.95. The van der Waals surface area contributed by atoms with Crippen LogP contribution < -0.4 is 10.5 Å². The van der Waals surface area contributed by atoms with Crippen molar-refractivity contribution in [2.45, 2.75) is 12.8 Å². The molecule has 0 fully saturated rings. The third-order valence-corrected chi connectivity index (χ3v) is 1.96. The molecule has 0 aliphatic rings. The van der Waals surface area contributed by atoms with Gasteiger partial charge in [0.1, 0.15) is 0 Å². The maximum absolute atomic E-state index is 13.3. The highest BCUT2D eigenvalue weighted by Gasteiger charge is 2.04. The van der Waals surface area contributed by atoms with E-state index in [9.17, 15) is 8.78 Å². The van der Waals surface area contributed by atoms with E-state index in [1.807, 2.05) is 0 Å². The molecular formula is C11H15F2NO. The Hall–Kier alpha value is -1.16. The number of nitrogens with two attached hydrogens (primary N) is 1. The van der Waals surface area contributed by atoms with Crippen LogP contribution in [0.15, 0.2) is 18.2 Å². The summed E-state index contributed by atoms with van der Waals surface area (Å²) in [6, 6.07) is 4.72. The Morgan fingerprint density at radius 3 is 2.73 bits per heavy atom. The molecule has 4 heteroatoms. The van der Waals surface area contributed by atoms with Crippen LogP contribution in [0.1, 0.15) is 12.0 Å². The smallest absolute Gasteiger partial charge is 0.165 e. The van der Waals surface area contributed by atoms with Crippen molar-refractivity contribution >= 4 is 0 Å². The van der Waals surface area contributed by atoms with Crippen LogP contribution in [-0.4, -0.2) is 19.8 Å². The topological polar surface area (TPSA) is 35.2 Å². The zero-order valence-electron chi connectivity index (χ0n) is 8.51. The van der Waals surface area contributed by atoms with E-state index in [1.54, 1.807) is 12.1 Å². The number of ether oxygens (including phenoxy) is 1. The molecular weight excluding hydrogens is 200 g/mol. The Balaban J connectivity index is 2.58. The first-order valence-electron chi connectivity index (χ1n) is 4.95. The minimum atomic E-state index is -0.452. The molecule has 84 valence electrons. The van der Waals surface area contributed by atoms with Gasteiger partial charge >= 0.3 is 0 Å². The molecule has 0 aliphatic carbocycles. The molecule has 1 aromatic carbocycles. The lowest BCUT2D eigenvalue weighted by Gasteiger charge is -2.07. The number of benzene rings is 1. The van der Waals surface area contributed by atoms with Gasteiger partial charge in [0.05, 0.1) is 13.3 Å². The van der Waals surface area contributed by atoms with Gasteiger partial charge in [-0.15, -0.1) is 0 Å². The average Bonchev–Trinajstić information content (AvgIpc) is 2.22. The van der Waals surface area contributed by atoms with E-state index in [2.05, 4.69) is 0 Å². The first kappa shape index (κ1) is 11.9. The van der Waals surface area contributed by atoms with Gasteiger partial charge < -0.3 is 10.5 Å². The Morgan fingerprint density at radius 2 is 2.13 bits per heavy atom. The van der Waals surface area contributed by atoms with E-state index < -0.39 is 12.5 Å². The molecule has 0 bridgehead atoms. The summed E-state index contributed by atoms with van der Waals surface area (Å²) in [5.41, 5.74) is 6.19. The predicted molar refractivity (Wildman–Crippen MR) is 55.2 cm³/mol. The quantitative estimate of drug-likeness (QED) is 0.737. The van der Waals surface area contributed by atoms with Gasteiger partial charge in [-0.05, 0) is 30.7 Å². The van der Waals surface area contributed by atoms with Gasteiger partial charge in [0, 0.05) is 6.42 Å². The molecule has 0 aromatic heterocycles. The Morgan fingerprint density at radius 1 is 1.33 bits per heavy atom.